The summed E-state index contributed by atoms with van der Waals surface area (Å²) in [6.07, 6.45) is 0. The van der Waals surface area contributed by atoms with E-state index in [-0.39, 0.29) is 6.61 Å². The number of nitrogens with one attached hydrogen (secondary N) is 1. The molecule has 1 unspecified atom stereocenters. The number of rotatable bonds is 5. The molecular weight excluding hydrogens is 290 g/mol. The lowest BCUT2D eigenvalue weighted by molar-refractivity contribution is -0.142. The lowest BCUT2D eigenvalue weighted by atomic mass is 10.3. The molecule has 5 nitrogen and oxygen atoms in total. The second-order valence-corrected chi connectivity index (χ2v) is 4.19. The highest BCUT2D eigenvalue weighted by atomic mass is 79.9. The Bertz CT molecular complexity index is 422. The van der Waals surface area contributed by atoms with E-state index in [9.17, 15) is 9.59 Å². The van der Waals surface area contributed by atoms with Gasteiger partial charge in [-0.05, 0) is 28.1 Å². The fraction of sp³-hybridized carbons (Fsp3) is 0.273. The van der Waals surface area contributed by atoms with Gasteiger partial charge in [-0.15, -0.1) is 0 Å². The molecule has 0 radical (unpaired) electrons. The summed E-state index contributed by atoms with van der Waals surface area (Å²) in [6.45, 7) is 1.13. The number of carbonyl (C=O) groups excluding carboxylic acids is 1. The molecule has 0 aromatic heterocycles. The van der Waals surface area contributed by atoms with Crippen molar-refractivity contribution in [2.75, 3.05) is 6.61 Å². The Kier molecular flexibility index (Phi) is 4.96. The molecule has 1 atom stereocenters. The van der Waals surface area contributed by atoms with Gasteiger partial charge in [0.25, 0.3) is 0 Å². The monoisotopic (exact) mass is 301 g/mol. The summed E-state index contributed by atoms with van der Waals surface area (Å²) in [5, 5.41) is 11.2. The first kappa shape index (κ1) is 13.5. The van der Waals surface area contributed by atoms with Crippen LogP contribution in [0.15, 0.2) is 28.7 Å². The zero-order chi connectivity index (χ0) is 12.8. The topological polar surface area (TPSA) is 75.6 Å². The molecule has 0 aliphatic heterocycles. The van der Waals surface area contributed by atoms with Gasteiger partial charge in [-0.3, -0.25) is 4.79 Å². The lowest BCUT2D eigenvalue weighted by Gasteiger charge is -2.14. The molecule has 1 aromatic carbocycles. The molecule has 0 aliphatic carbocycles. The number of ether oxygens (including phenoxy) is 1. The van der Waals surface area contributed by atoms with Crippen molar-refractivity contribution >= 4 is 27.8 Å². The summed E-state index contributed by atoms with van der Waals surface area (Å²) >= 11 is 3.27. The summed E-state index contributed by atoms with van der Waals surface area (Å²) in [5.74, 6) is -1.01. The van der Waals surface area contributed by atoms with E-state index in [1.54, 1.807) is 18.2 Å². The maximum atomic E-state index is 10.8. The van der Waals surface area contributed by atoms with Crippen molar-refractivity contribution in [3.05, 3.63) is 28.7 Å². The Morgan fingerprint density at radius 2 is 2.12 bits per heavy atom. The highest BCUT2D eigenvalue weighted by Gasteiger charge is 2.19. The van der Waals surface area contributed by atoms with E-state index in [1.165, 1.54) is 6.92 Å². The molecule has 0 saturated carbocycles. The molecule has 0 bridgehead atoms. The van der Waals surface area contributed by atoms with Crippen LogP contribution in [0.25, 0.3) is 0 Å². The Balaban J connectivity index is 2.61. The minimum Gasteiger partial charge on any atom is -0.490 e. The highest BCUT2D eigenvalue weighted by molar-refractivity contribution is 9.10. The third-order valence-corrected chi connectivity index (χ3v) is 2.57. The number of hydrogen-bond donors (Lipinski definition) is 2. The molecule has 2 N–H and O–H groups in total. The van der Waals surface area contributed by atoms with Crippen LogP contribution in [0.4, 0.5) is 0 Å². The molecule has 17 heavy (non-hydrogen) atoms. The second-order valence-electron chi connectivity index (χ2n) is 3.33. The first-order valence-corrected chi connectivity index (χ1v) is 5.67. The third-order valence-electron chi connectivity index (χ3n) is 1.92. The predicted octanol–water partition coefficient (Wildman–Crippen LogP) is 1.42. The highest BCUT2D eigenvalue weighted by Crippen LogP contribution is 2.23. The van der Waals surface area contributed by atoms with E-state index < -0.39 is 17.9 Å². The Labute approximate surface area is 107 Å². The molecule has 6 heteroatoms. The van der Waals surface area contributed by atoms with Gasteiger partial charge in [0.15, 0.2) is 6.04 Å². The maximum absolute atomic E-state index is 10.8. The van der Waals surface area contributed by atoms with Crippen LogP contribution in [0.3, 0.4) is 0 Å². The number of benzene rings is 1. The number of para-hydroxylation sites is 1. The van der Waals surface area contributed by atoms with Crippen molar-refractivity contribution in [3.63, 3.8) is 0 Å². The first-order chi connectivity index (χ1) is 8.00. The van der Waals surface area contributed by atoms with Gasteiger partial charge in [0.2, 0.25) is 5.91 Å². The molecule has 0 spiro atoms. The van der Waals surface area contributed by atoms with Crippen LogP contribution in [0.5, 0.6) is 5.75 Å². The first-order valence-electron chi connectivity index (χ1n) is 4.88. The average Bonchev–Trinajstić information content (AvgIpc) is 2.25. The van der Waals surface area contributed by atoms with Crippen molar-refractivity contribution < 1.29 is 19.4 Å². The van der Waals surface area contributed by atoms with Crippen LogP contribution >= 0.6 is 15.9 Å². The maximum Gasteiger partial charge on any atom is 0.329 e. The minimum atomic E-state index is -1.13. The van der Waals surface area contributed by atoms with Gasteiger partial charge in [-0.2, -0.15) is 0 Å². The average molecular weight is 302 g/mol. The number of amides is 1. The Morgan fingerprint density at radius 1 is 1.47 bits per heavy atom. The molecule has 0 aliphatic rings. The number of hydrogen-bond acceptors (Lipinski definition) is 3. The Hall–Kier alpha value is -1.56. The molecule has 1 rings (SSSR count). The number of carbonyl (C=O) groups is 2. The molecular formula is C11H12BrNO4. The summed E-state index contributed by atoms with van der Waals surface area (Å²) in [4.78, 5) is 21.6. The third kappa shape index (κ3) is 4.44. The molecule has 92 valence electrons. The second kappa shape index (κ2) is 6.24. The van der Waals surface area contributed by atoms with Gasteiger partial charge in [0.05, 0.1) is 4.47 Å². The van der Waals surface area contributed by atoms with Crippen LogP contribution in [0.2, 0.25) is 0 Å². The fourth-order valence-electron chi connectivity index (χ4n) is 1.15. The molecule has 0 saturated heterocycles. The van der Waals surface area contributed by atoms with Gasteiger partial charge in [-0.25, -0.2) is 4.79 Å². The summed E-state index contributed by atoms with van der Waals surface area (Å²) < 4.78 is 6.05. The zero-order valence-corrected chi connectivity index (χ0v) is 10.7. The van der Waals surface area contributed by atoms with Crippen LogP contribution in [-0.2, 0) is 9.59 Å². The standard InChI is InChI=1S/C11H12BrNO4/c1-7(14)13-9(11(15)16)6-17-10-5-3-2-4-8(10)12/h2-5,9H,6H2,1H3,(H,13,14)(H,15,16). The fourth-order valence-corrected chi connectivity index (χ4v) is 1.55. The number of carboxylic acids is 1. The molecule has 1 aromatic rings. The van der Waals surface area contributed by atoms with E-state index in [2.05, 4.69) is 21.2 Å². The SMILES string of the molecule is CC(=O)NC(COc1ccccc1Br)C(=O)O. The van der Waals surface area contributed by atoms with Crippen LogP contribution in [-0.4, -0.2) is 29.6 Å². The zero-order valence-electron chi connectivity index (χ0n) is 9.14. The van der Waals surface area contributed by atoms with Crippen molar-refractivity contribution in [1.29, 1.82) is 0 Å². The summed E-state index contributed by atoms with van der Waals surface area (Å²) in [6, 6.07) is 6.02. The Morgan fingerprint density at radius 3 is 2.65 bits per heavy atom. The van der Waals surface area contributed by atoms with Gasteiger partial charge in [0.1, 0.15) is 12.4 Å². The van der Waals surface area contributed by atoms with Gasteiger partial charge < -0.3 is 15.2 Å². The molecule has 1 amide bonds. The van der Waals surface area contributed by atoms with Crippen molar-refractivity contribution in [3.8, 4) is 5.75 Å². The molecule has 0 heterocycles. The summed E-state index contributed by atoms with van der Waals surface area (Å²) in [5.41, 5.74) is 0. The van der Waals surface area contributed by atoms with E-state index in [1.807, 2.05) is 6.07 Å². The van der Waals surface area contributed by atoms with E-state index in [0.717, 1.165) is 4.47 Å². The van der Waals surface area contributed by atoms with Crippen LogP contribution in [0, 0.1) is 0 Å². The number of carboxylic acid groups (broad SMARTS) is 1. The van der Waals surface area contributed by atoms with E-state index >= 15 is 0 Å². The van der Waals surface area contributed by atoms with Crippen molar-refractivity contribution in [2.45, 2.75) is 13.0 Å². The van der Waals surface area contributed by atoms with Crippen molar-refractivity contribution in [2.24, 2.45) is 0 Å². The smallest absolute Gasteiger partial charge is 0.329 e. The van der Waals surface area contributed by atoms with Crippen molar-refractivity contribution in [1.82, 2.24) is 5.32 Å². The van der Waals surface area contributed by atoms with Gasteiger partial charge in [-0.1, -0.05) is 12.1 Å². The van der Waals surface area contributed by atoms with E-state index in [0.29, 0.717) is 5.75 Å². The van der Waals surface area contributed by atoms with Crippen LogP contribution in [0.1, 0.15) is 6.92 Å². The lowest BCUT2D eigenvalue weighted by Crippen LogP contribution is -2.43. The summed E-state index contributed by atoms with van der Waals surface area (Å²) in [7, 11) is 0. The number of halogens is 1. The normalized spacial score (nSPS) is 11.6. The largest absolute Gasteiger partial charge is 0.490 e. The van der Waals surface area contributed by atoms with Gasteiger partial charge >= 0.3 is 5.97 Å². The minimum absolute atomic E-state index is 0.127. The van der Waals surface area contributed by atoms with Crippen LogP contribution < -0.4 is 10.1 Å². The quantitative estimate of drug-likeness (QED) is 0.862. The van der Waals surface area contributed by atoms with Gasteiger partial charge in [0, 0.05) is 6.92 Å². The number of aliphatic carboxylic acids is 1. The predicted molar refractivity (Wildman–Crippen MR) is 64.9 cm³/mol. The van der Waals surface area contributed by atoms with E-state index in [4.69, 9.17) is 9.84 Å². The molecule has 0 fully saturated rings.